The molecule has 0 radical (unpaired) electrons. The Morgan fingerprint density at radius 2 is 2.20 bits per heavy atom. The lowest BCUT2D eigenvalue weighted by Crippen LogP contribution is -2.42. The first-order valence-corrected chi connectivity index (χ1v) is 6.94. The highest BCUT2D eigenvalue weighted by Crippen LogP contribution is 2.22. The van der Waals surface area contributed by atoms with Crippen molar-refractivity contribution in [1.82, 2.24) is 20.2 Å². The summed E-state index contributed by atoms with van der Waals surface area (Å²) in [6.07, 6.45) is 0.801. The van der Waals surface area contributed by atoms with Gasteiger partial charge in [-0.25, -0.2) is 9.78 Å². The number of imidazole rings is 1. The maximum Gasteiger partial charge on any atom is 0.317 e. The summed E-state index contributed by atoms with van der Waals surface area (Å²) in [7, 11) is 0. The molecular weight excluding hydrogens is 252 g/mol. The number of aromatic amines is 1. The predicted octanol–water partition coefficient (Wildman–Crippen LogP) is 2.16. The topological polar surface area (TPSA) is 61.0 Å². The fourth-order valence-corrected chi connectivity index (χ4v) is 2.46. The molecule has 0 saturated heterocycles. The van der Waals surface area contributed by atoms with Crippen LogP contribution in [-0.4, -0.2) is 34.0 Å². The lowest BCUT2D eigenvalue weighted by Gasteiger charge is -2.26. The summed E-state index contributed by atoms with van der Waals surface area (Å²) in [5.41, 5.74) is 3.19. The van der Waals surface area contributed by atoms with Crippen LogP contribution in [0.2, 0.25) is 0 Å². The molecule has 0 fully saturated rings. The van der Waals surface area contributed by atoms with Crippen LogP contribution in [0.4, 0.5) is 4.79 Å². The van der Waals surface area contributed by atoms with E-state index in [2.05, 4.69) is 15.3 Å². The Balaban J connectivity index is 1.81. The molecule has 1 aromatic heterocycles. The number of fused-ring (bicyclic) bond motifs is 1. The molecule has 2 amide bonds. The van der Waals surface area contributed by atoms with Crippen LogP contribution in [0.1, 0.15) is 18.3 Å². The molecule has 5 heteroatoms. The van der Waals surface area contributed by atoms with Crippen LogP contribution < -0.4 is 5.32 Å². The number of nitrogens with one attached hydrogen (secondary N) is 2. The van der Waals surface area contributed by atoms with E-state index in [1.165, 1.54) is 0 Å². The van der Waals surface area contributed by atoms with Crippen molar-refractivity contribution in [2.75, 3.05) is 13.1 Å². The van der Waals surface area contributed by atoms with Gasteiger partial charge in [0, 0.05) is 25.1 Å². The first kappa shape index (κ1) is 12.7. The molecule has 1 aromatic carbocycles. The molecule has 3 rings (SSSR count). The van der Waals surface area contributed by atoms with Crippen LogP contribution in [0.25, 0.3) is 11.4 Å². The predicted molar refractivity (Wildman–Crippen MR) is 77.2 cm³/mol. The number of amides is 2. The molecule has 0 atom stereocenters. The number of urea groups is 1. The van der Waals surface area contributed by atoms with Gasteiger partial charge in [-0.2, -0.15) is 0 Å². The summed E-state index contributed by atoms with van der Waals surface area (Å²) in [6, 6.07) is 10.0. The number of rotatable bonds is 2. The molecule has 0 bridgehead atoms. The van der Waals surface area contributed by atoms with Gasteiger partial charge in [0.2, 0.25) is 0 Å². The molecule has 0 aliphatic carbocycles. The van der Waals surface area contributed by atoms with E-state index in [4.69, 9.17) is 0 Å². The Hall–Kier alpha value is -2.30. The summed E-state index contributed by atoms with van der Waals surface area (Å²) in [5, 5.41) is 2.84. The molecule has 5 nitrogen and oxygen atoms in total. The van der Waals surface area contributed by atoms with Crippen LogP contribution in [-0.2, 0) is 13.0 Å². The van der Waals surface area contributed by atoms with Crippen LogP contribution in [0.3, 0.4) is 0 Å². The monoisotopic (exact) mass is 270 g/mol. The first-order chi connectivity index (χ1) is 9.78. The Morgan fingerprint density at radius 3 is 2.95 bits per heavy atom. The Bertz CT molecular complexity index is 606. The highest BCUT2D eigenvalue weighted by Gasteiger charge is 2.23. The second-order valence-electron chi connectivity index (χ2n) is 4.88. The highest BCUT2D eigenvalue weighted by molar-refractivity contribution is 5.74. The summed E-state index contributed by atoms with van der Waals surface area (Å²) < 4.78 is 0. The zero-order chi connectivity index (χ0) is 13.9. The van der Waals surface area contributed by atoms with E-state index >= 15 is 0 Å². The molecule has 2 heterocycles. The normalized spacial score (nSPS) is 13.9. The number of benzene rings is 1. The van der Waals surface area contributed by atoms with E-state index in [1.54, 1.807) is 0 Å². The second-order valence-corrected chi connectivity index (χ2v) is 4.88. The summed E-state index contributed by atoms with van der Waals surface area (Å²) in [6.45, 7) is 3.90. The molecule has 2 N–H and O–H groups in total. The van der Waals surface area contributed by atoms with Gasteiger partial charge in [-0.3, -0.25) is 0 Å². The molecule has 2 aromatic rings. The van der Waals surface area contributed by atoms with Crippen molar-refractivity contribution in [2.24, 2.45) is 0 Å². The van der Waals surface area contributed by atoms with Gasteiger partial charge in [0.25, 0.3) is 0 Å². The number of aromatic nitrogens is 2. The lowest BCUT2D eigenvalue weighted by molar-refractivity contribution is 0.192. The van der Waals surface area contributed by atoms with Gasteiger partial charge >= 0.3 is 6.03 Å². The minimum atomic E-state index is -0.00555. The number of H-pyrrole nitrogens is 1. The van der Waals surface area contributed by atoms with Crippen LogP contribution in [0, 0.1) is 0 Å². The van der Waals surface area contributed by atoms with Crippen molar-refractivity contribution in [2.45, 2.75) is 19.9 Å². The van der Waals surface area contributed by atoms with E-state index in [9.17, 15) is 4.79 Å². The van der Waals surface area contributed by atoms with E-state index in [-0.39, 0.29) is 6.03 Å². The van der Waals surface area contributed by atoms with Crippen molar-refractivity contribution >= 4 is 6.03 Å². The minimum absolute atomic E-state index is 0.00555. The molecule has 20 heavy (non-hydrogen) atoms. The zero-order valence-corrected chi connectivity index (χ0v) is 11.5. The van der Waals surface area contributed by atoms with Gasteiger partial charge in [-0.1, -0.05) is 30.3 Å². The Morgan fingerprint density at radius 1 is 1.40 bits per heavy atom. The fourth-order valence-electron chi connectivity index (χ4n) is 2.46. The highest BCUT2D eigenvalue weighted by atomic mass is 16.2. The van der Waals surface area contributed by atoms with Crippen molar-refractivity contribution < 1.29 is 4.79 Å². The quantitative estimate of drug-likeness (QED) is 0.878. The number of hydrogen-bond acceptors (Lipinski definition) is 2. The largest absolute Gasteiger partial charge is 0.340 e. The van der Waals surface area contributed by atoms with Gasteiger partial charge in [0.05, 0.1) is 17.9 Å². The minimum Gasteiger partial charge on any atom is -0.340 e. The van der Waals surface area contributed by atoms with Crippen LogP contribution in [0.15, 0.2) is 30.3 Å². The van der Waals surface area contributed by atoms with E-state index in [0.29, 0.717) is 13.1 Å². The molecule has 0 spiro atoms. The molecular formula is C15H18N4O. The van der Waals surface area contributed by atoms with Crippen molar-refractivity contribution in [1.29, 1.82) is 0 Å². The van der Waals surface area contributed by atoms with Crippen molar-refractivity contribution in [3.8, 4) is 11.4 Å². The van der Waals surface area contributed by atoms with Crippen LogP contribution >= 0.6 is 0 Å². The number of carbonyl (C=O) groups excluding carboxylic acids is 1. The Kier molecular flexibility index (Phi) is 3.41. The zero-order valence-electron chi connectivity index (χ0n) is 11.5. The summed E-state index contributed by atoms with van der Waals surface area (Å²) in [5.74, 6) is 0.883. The van der Waals surface area contributed by atoms with Gasteiger partial charge in [-0.05, 0) is 6.92 Å². The van der Waals surface area contributed by atoms with Crippen molar-refractivity contribution in [3.63, 3.8) is 0 Å². The van der Waals surface area contributed by atoms with E-state index in [0.717, 1.165) is 35.7 Å². The molecule has 0 unspecified atom stereocenters. The average molecular weight is 270 g/mol. The van der Waals surface area contributed by atoms with Crippen molar-refractivity contribution in [3.05, 3.63) is 41.7 Å². The van der Waals surface area contributed by atoms with Gasteiger partial charge in [-0.15, -0.1) is 0 Å². The third-order valence-electron chi connectivity index (χ3n) is 3.49. The summed E-state index contributed by atoms with van der Waals surface area (Å²) in [4.78, 5) is 21.7. The summed E-state index contributed by atoms with van der Waals surface area (Å²) >= 11 is 0. The maximum atomic E-state index is 11.9. The number of hydrogen-bond donors (Lipinski definition) is 2. The number of nitrogens with zero attached hydrogens (tertiary/aromatic N) is 2. The standard InChI is InChI=1S/C15H18N4O/c1-2-16-15(20)19-9-8-12-13(10-19)18-14(17-12)11-6-4-3-5-7-11/h3-7H,2,8-10H2,1H3,(H,16,20)(H,17,18). The molecule has 1 aliphatic rings. The molecule has 104 valence electrons. The van der Waals surface area contributed by atoms with Gasteiger partial charge < -0.3 is 15.2 Å². The average Bonchev–Trinajstić information content (AvgIpc) is 2.91. The SMILES string of the molecule is CCNC(=O)N1CCc2nc(-c3ccccc3)[nH]c2C1. The Labute approximate surface area is 118 Å². The smallest absolute Gasteiger partial charge is 0.317 e. The van der Waals surface area contributed by atoms with E-state index in [1.807, 2.05) is 42.2 Å². The number of carbonyl (C=O) groups is 1. The van der Waals surface area contributed by atoms with Gasteiger partial charge in [0.15, 0.2) is 0 Å². The third-order valence-corrected chi connectivity index (χ3v) is 3.49. The maximum absolute atomic E-state index is 11.9. The fraction of sp³-hybridized carbons (Fsp3) is 0.333. The molecule has 1 aliphatic heterocycles. The van der Waals surface area contributed by atoms with Crippen LogP contribution in [0.5, 0.6) is 0 Å². The lowest BCUT2D eigenvalue weighted by atomic mass is 10.1. The second kappa shape index (κ2) is 5.36. The first-order valence-electron chi connectivity index (χ1n) is 6.94. The third kappa shape index (κ3) is 2.39. The van der Waals surface area contributed by atoms with Gasteiger partial charge in [0.1, 0.15) is 5.82 Å². The molecule has 0 saturated carbocycles. The van der Waals surface area contributed by atoms with E-state index < -0.39 is 0 Å².